The van der Waals surface area contributed by atoms with Gasteiger partial charge in [-0.2, -0.15) is 0 Å². The zero-order chi connectivity index (χ0) is 7.82. The number of nitrogens with two attached hydrogens (primary N) is 1. The average Bonchev–Trinajstić information content (AvgIpc) is 1.98. The highest BCUT2D eigenvalue weighted by molar-refractivity contribution is 9.09. The van der Waals surface area contributed by atoms with E-state index in [9.17, 15) is 0 Å². The monoisotopic (exact) mass is 210 g/mol. The standard InChI is InChI=1S/C6H15BrN2O/c7-4-6(10)5-9-3-1-2-8/h6,9-10H,1-5,8H2. The molecule has 0 aromatic carbocycles. The molecule has 0 aromatic heterocycles. The van der Waals surface area contributed by atoms with Gasteiger partial charge in [-0.15, -0.1) is 0 Å². The van der Waals surface area contributed by atoms with Crippen LogP contribution in [0.4, 0.5) is 0 Å². The third-order valence-corrected chi connectivity index (χ3v) is 1.86. The number of halogens is 1. The predicted octanol–water partition coefficient (Wildman–Crippen LogP) is -0.319. The molecule has 1 atom stereocenters. The Morgan fingerprint density at radius 1 is 1.60 bits per heavy atom. The second kappa shape index (κ2) is 7.47. The molecule has 10 heavy (non-hydrogen) atoms. The maximum Gasteiger partial charge on any atom is 0.0761 e. The second-order valence-corrected chi connectivity index (χ2v) is 2.80. The summed E-state index contributed by atoms with van der Waals surface area (Å²) < 4.78 is 0. The molecule has 3 nitrogen and oxygen atoms in total. The number of alkyl halides is 1. The highest BCUT2D eigenvalue weighted by Gasteiger charge is 1.98. The van der Waals surface area contributed by atoms with Gasteiger partial charge in [0.15, 0.2) is 0 Å². The molecule has 4 N–H and O–H groups in total. The molecule has 0 saturated carbocycles. The molecule has 0 spiro atoms. The second-order valence-electron chi connectivity index (χ2n) is 2.15. The van der Waals surface area contributed by atoms with E-state index in [1.807, 2.05) is 0 Å². The van der Waals surface area contributed by atoms with Crippen molar-refractivity contribution in [2.45, 2.75) is 12.5 Å². The van der Waals surface area contributed by atoms with Gasteiger partial charge in [-0.3, -0.25) is 0 Å². The normalized spacial score (nSPS) is 13.5. The Bertz CT molecular complexity index is 72.8. The molecule has 0 amide bonds. The quantitative estimate of drug-likeness (QED) is 0.417. The summed E-state index contributed by atoms with van der Waals surface area (Å²) in [7, 11) is 0. The number of hydrogen-bond acceptors (Lipinski definition) is 3. The van der Waals surface area contributed by atoms with E-state index < -0.39 is 0 Å². The Morgan fingerprint density at radius 3 is 2.80 bits per heavy atom. The van der Waals surface area contributed by atoms with Gasteiger partial charge in [-0.1, -0.05) is 15.9 Å². The van der Waals surface area contributed by atoms with Crippen LogP contribution < -0.4 is 11.1 Å². The van der Waals surface area contributed by atoms with E-state index in [2.05, 4.69) is 21.2 Å². The van der Waals surface area contributed by atoms with Crippen LogP contribution in [0.2, 0.25) is 0 Å². The lowest BCUT2D eigenvalue weighted by Crippen LogP contribution is -2.29. The molecule has 0 aliphatic carbocycles. The summed E-state index contributed by atoms with van der Waals surface area (Å²) in [5.74, 6) is 0. The first-order valence-corrected chi connectivity index (χ1v) is 4.58. The third kappa shape index (κ3) is 6.48. The fraction of sp³-hybridized carbons (Fsp3) is 1.00. The Balaban J connectivity index is 2.89. The highest BCUT2D eigenvalue weighted by atomic mass is 79.9. The summed E-state index contributed by atoms with van der Waals surface area (Å²) >= 11 is 3.17. The smallest absolute Gasteiger partial charge is 0.0761 e. The van der Waals surface area contributed by atoms with Crippen molar-refractivity contribution in [1.29, 1.82) is 0 Å². The molecule has 0 aliphatic rings. The van der Waals surface area contributed by atoms with Gasteiger partial charge >= 0.3 is 0 Å². The summed E-state index contributed by atoms with van der Waals surface area (Å²) in [6, 6.07) is 0. The van der Waals surface area contributed by atoms with E-state index in [0.29, 0.717) is 18.4 Å². The SMILES string of the molecule is NCCCNCC(O)CBr. The summed E-state index contributed by atoms with van der Waals surface area (Å²) in [5.41, 5.74) is 5.27. The van der Waals surface area contributed by atoms with Gasteiger partial charge in [0, 0.05) is 11.9 Å². The zero-order valence-corrected chi connectivity index (χ0v) is 7.60. The van der Waals surface area contributed by atoms with Crippen LogP contribution in [0.5, 0.6) is 0 Å². The van der Waals surface area contributed by atoms with Gasteiger partial charge in [0.2, 0.25) is 0 Å². The van der Waals surface area contributed by atoms with E-state index in [1.54, 1.807) is 0 Å². The van der Waals surface area contributed by atoms with Gasteiger partial charge in [-0.05, 0) is 19.5 Å². The molecule has 0 saturated heterocycles. The lowest BCUT2D eigenvalue weighted by molar-refractivity contribution is 0.197. The third-order valence-electron chi connectivity index (χ3n) is 1.12. The predicted molar refractivity (Wildman–Crippen MR) is 46.3 cm³/mol. The summed E-state index contributed by atoms with van der Waals surface area (Å²) in [6.45, 7) is 2.24. The van der Waals surface area contributed by atoms with Crippen LogP contribution in [0, 0.1) is 0 Å². The number of rotatable bonds is 6. The van der Waals surface area contributed by atoms with E-state index >= 15 is 0 Å². The molecule has 1 unspecified atom stereocenters. The van der Waals surface area contributed by atoms with Gasteiger partial charge in [0.1, 0.15) is 0 Å². The summed E-state index contributed by atoms with van der Waals surface area (Å²) in [5, 5.41) is 12.7. The molecule has 0 aromatic rings. The molecule has 62 valence electrons. The van der Waals surface area contributed by atoms with Crippen LogP contribution in [0.25, 0.3) is 0 Å². The average molecular weight is 211 g/mol. The largest absolute Gasteiger partial charge is 0.391 e. The van der Waals surface area contributed by atoms with Crippen molar-refractivity contribution >= 4 is 15.9 Å². The van der Waals surface area contributed by atoms with Crippen LogP contribution >= 0.6 is 15.9 Å². The van der Waals surface area contributed by atoms with E-state index in [0.717, 1.165) is 13.0 Å². The first-order chi connectivity index (χ1) is 4.81. The maximum absolute atomic E-state index is 9.02. The Morgan fingerprint density at radius 2 is 2.30 bits per heavy atom. The summed E-state index contributed by atoms with van der Waals surface area (Å²) in [4.78, 5) is 0. The Kier molecular flexibility index (Phi) is 7.74. The molecule has 0 aliphatic heterocycles. The fourth-order valence-corrected chi connectivity index (χ4v) is 0.779. The zero-order valence-electron chi connectivity index (χ0n) is 6.02. The molecular weight excluding hydrogens is 196 g/mol. The molecule has 0 rings (SSSR count). The first kappa shape index (κ1) is 10.4. The van der Waals surface area contributed by atoms with E-state index in [-0.39, 0.29) is 6.10 Å². The molecule has 0 bridgehead atoms. The highest BCUT2D eigenvalue weighted by Crippen LogP contribution is 1.87. The van der Waals surface area contributed by atoms with Crippen LogP contribution in [0.3, 0.4) is 0 Å². The molecule has 4 heteroatoms. The van der Waals surface area contributed by atoms with Gasteiger partial charge < -0.3 is 16.2 Å². The van der Waals surface area contributed by atoms with Gasteiger partial charge in [0.25, 0.3) is 0 Å². The summed E-state index contributed by atoms with van der Waals surface area (Å²) in [6.07, 6.45) is 0.687. The van der Waals surface area contributed by atoms with Crippen molar-refractivity contribution in [3.63, 3.8) is 0 Å². The van der Waals surface area contributed by atoms with Crippen molar-refractivity contribution in [2.75, 3.05) is 25.0 Å². The minimum absolute atomic E-state index is 0.280. The van der Waals surface area contributed by atoms with Crippen molar-refractivity contribution in [1.82, 2.24) is 5.32 Å². The van der Waals surface area contributed by atoms with Crippen molar-refractivity contribution in [2.24, 2.45) is 5.73 Å². The minimum Gasteiger partial charge on any atom is -0.391 e. The van der Waals surface area contributed by atoms with Crippen LogP contribution in [-0.2, 0) is 0 Å². The molecule has 0 fully saturated rings. The first-order valence-electron chi connectivity index (χ1n) is 3.46. The topological polar surface area (TPSA) is 58.3 Å². The number of hydrogen-bond donors (Lipinski definition) is 3. The minimum atomic E-state index is -0.280. The van der Waals surface area contributed by atoms with Crippen molar-refractivity contribution in [3.8, 4) is 0 Å². The maximum atomic E-state index is 9.02. The molecule has 0 radical (unpaired) electrons. The molecule has 0 heterocycles. The number of aliphatic hydroxyl groups is 1. The number of aliphatic hydroxyl groups excluding tert-OH is 1. The van der Waals surface area contributed by atoms with E-state index in [4.69, 9.17) is 10.8 Å². The molecular formula is C6H15BrN2O. The fourth-order valence-electron chi connectivity index (χ4n) is 0.550. The Hall–Kier alpha value is 0.360. The Labute approximate surface area is 70.1 Å². The van der Waals surface area contributed by atoms with Crippen molar-refractivity contribution in [3.05, 3.63) is 0 Å². The number of nitrogens with one attached hydrogen (secondary N) is 1. The van der Waals surface area contributed by atoms with Gasteiger partial charge in [0.05, 0.1) is 6.10 Å². The van der Waals surface area contributed by atoms with Crippen LogP contribution in [-0.4, -0.2) is 36.2 Å². The van der Waals surface area contributed by atoms with Gasteiger partial charge in [-0.25, -0.2) is 0 Å². The van der Waals surface area contributed by atoms with E-state index in [1.165, 1.54) is 0 Å². The van der Waals surface area contributed by atoms with Crippen LogP contribution in [0.15, 0.2) is 0 Å². The lowest BCUT2D eigenvalue weighted by Gasteiger charge is -2.07. The van der Waals surface area contributed by atoms with Crippen LogP contribution in [0.1, 0.15) is 6.42 Å². The lowest BCUT2D eigenvalue weighted by atomic mass is 10.4. The van der Waals surface area contributed by atoms with Crippen molar-refractivity contribution < 1.29 is 5.11 Å².